The van der Waals surface area contributed by atoms with Crippen molar-refractivity contribution in [3.63, 3.8) is 0 Å². The van der Waals surface area contributed by atoms with Crippen molar-refractivity contribution in [1.29, 1.82) is 0 Å². The molecule has 128 valence electrons. The lowest BCUT2D eigenvalue weighted by Crippen LogP contribution is -2.46. The number of carbonyl (C=O) groups is 1. The predicted molar refractivity (Wildman–Crippen MR) is 83.5 cm³/mol. The number of amides is 1. The molecular weight excluding hydrogens is 320 g/mol. The number of furan rings is 1. The number of nitrogens with one attached hydrogen (secondary N) is 1. The Balaban J connectivity index is 1.60. The maximum atomic E-state index is 12.5. The summed E-state index contributed by atoms with van der Waals surface area (Å²) in [6.07, 6.45) is 3.37. The topological polar surface area (TPSA) is 88.8 Å². The van der Waals surface area contributed by atoms with E-state index in [1.165, 1.54) is 6.26 Å². The summed E-state index contributed by atoms with van der Waals surface area (Å²) in [4.78, 5) is 14.3. The summed E-state index contributed by atoms with van der Waals surface area (Å²) in [7, 11) is -3.21. The third kappa shape index (κ3) is 3.59. The maximum Gasteiger partial charge on any atom is 0.289 e. The van der Waals surface area contributed by atoms with Gasteiger partial charge in [0, 0.05) is 31.1 Å². The van der Waals surface area contributed by atoms with E-state index >= 15 is 0 Å². The lowest BCUT2D eigenvalue weighted by atomic mass is 9.84. The number of ether oxygens (including phenoxy) is 1. The second kappa shape index (κ2) is 6.26. The predicted octanol–water partition coefficient (Wildman–Crippen LogP) is 0.614. The molecule has 0 bridgehead atoms. The number of carbonyl (C=O) groups excluding carboxylic acids is 1. The van der Waals surface area contributed by atoms with E-state index in [9.17, 15) is 13.2 Å². The van der Waals surface area contributed by atoms with Crippen LogP contribution in [-0.4, -0.2) is 57.8 Å². The van der Waals surface area contributed by atoms with Gasteiger partial charge in [-0.3, -0.25) is 4.79 Å². The van der Waals surface area contributed by atoms with Crippen LogP contribution in [0.5, 0.6) is 0 Å². The first-order valence-electron chi connectivity index (χ1n) is 7.75. The number of sulfonamides is 1. The van der Waals surface area contributed by atoms with E-state index in [0.29, 0.717) is 32.0 Å². The van der Waals surface area contributed by atoms with Crippen molar-refractivity contribution in [2.75, 3.05) is 32.5 Å². The zero-order chi connectivity index (χ0) is 16.6. The van der Waals surface area contributed by atoms with Crippen LogP contribution in [0.2, 0.25) is 0 Å². The van der Waals surface area contributed by atoms with Gasteiger partial charge in [-0.15, -0.1) is 0 Å². The van der Waals surface area contributed by atoms with Crippen LogP contribution in [0.3, 0.4) is 0 Å². The number of likely N-dealkylation sites (tertiary alicyclic amines) is 1. The van der Waals surface area contributed by atoms with Crippen LogP contribution in [0.4, 0.5) is 0 Å². The van der Waals surface area contributed by atoms with E-state index in [1.54, 1.807) is 6.07 Å². The van der Waals surface area contributed by atoms with Crippen LogP contribution >= 0.6 is 0 Å². The SMILES string of the molecule is Cc1ccoc1C(=O)N1CC[C@@H]2[C@@H](CO[C@H]2CNS(C)(=O)=O)C1. The first kappa shape index (κ1) is 16.5. The second-order valence-electron chi connectivity index (χ2n) is 6.39. The second-order valence-corrected chi connectivity index (χ2v) is 8.22. The molecule has 0 radical (unpaired) electrons. The molecule has 7 nitrogen and oxygen atoms in total. The summed E-state index contributed by atoms with van der Waals surface area (Å²) in [5.41, 5.74) is 0.843. The van der Waals surface area contributed by atoms with Crippen molar-refractivity contribution in [3.05, 3.63) is 23.7 Å². The Labute approximate surface area is 136 Å². The highest BCUT2D eigenvalue weighted by Gasteiger charge is 2.42. The number of fused-ring (bicyclic) bond motifs is 1. The molecule has 2 aliphatic heterocycles. The molecule has 3 atom stereocenters. The first-order valence-corrected chi connectivity index (χ1v) is 9.64. The molecule has 1 aromatic heterocycles. The normalized spacial score (nSPS) is 27.9. The summed E-state index contributed by atoms with van der Waals surface area (Å²) in [5, 5.41) is 0. The van der Waals surface area contributed by atoms with E-state index in [2.05, 4.69) is 4.72 Å². The van der Waals surface area contributed by atoms with Gasteiger partial charge in [-0.1, -0.05) is 0 Å². The number of nitrogens with zero attached hydrogens (tertiary/aromatic N) is 1. The highest BCUT2D eigenvalue weighted by atomic mass is 32.2. The zero-order valence-corrected chi connectivity index (χ0v) is 14.1. The minimum absolute atomic E-state index is 0.0799. The molecule has 8 heteroatoms. The molecule has 2 fully saturated rings. The molecule has 0 unspecified atom stereocenters. The Hall–Kier alpha value is -1.38. The minimum atomic E-state index is -3.21. The standard InChI is InChI=1S/C15H22N2O5S/c1-10-4-6-21-14(10)15(18)17-5-3-12-11(8-17)9-22-13(12)7-16-23(2,19)20/h4,6,11-13,16H,3,5,7-9H2,1-2H3/t11-,12-,13+/m1/s1. The van der Waals surface area contributed by atoms with E-state index in [0.717, 1.165) is 18.2 Å². The van der Waals surface area contributed by atoms with Crippen molar-refractivity contribution in [3.8, 4) is 0 Å². The quantitative estimate of drug-likeness (QED) is 0.866. The molecule has 3 rings (SSSR count). The fourth-order valence-corrected chi connectivity index (χ4v) is 3.92. The third-order valence-electron chi connectivity index (χ3n) is 4.68. The summed E-state index contributed by atoms with van der Waals surface area (Å²) in [6.45, 7) is 3.97. The number of rotatable bonds is 4. The lowest BCUT2D eigenvalue weighted by molar-refractivity contribution is 0.0585. The van der Waals surface area contributed by atoms with Gasteiger partial charge in [0.2, 0.25) is 10.0 Å². The van der Waals surface area contributed by atoms with Crippen LogP contribution < -0.4 is 4.72 Å². The van der Waals surface area contributed by atoms with Crippen LogP contribution in [0.15, 0.2) is 16.7 Å². The van der Waals surface area contributed by atoms with Gasteiger partial charge >= 0.3 is 0 Å². The van der Waals surface area contributed by atoms with E-state index < -0.39 is 10.0 Å². The molecular formula is C15H22N2O5S. The van der Waals surface area contributed by atoms with Gasteiger partial charge in [0.15, 0.2) is 5.76 Å². The van der Waals surface area contributed by atoms with Crippen molar-refractivity contribution in [1.82, 2.24) is 9.62 Å². The van der Waals surface area contributed by atoms with Crippen LogP contribution in [0.1, 0.15) is 22.5 Å². The molecule has 1 amide bonds. The van der Waals surface area contributed by atoms with Gasteiger partial charge in [-0.25, -0.2) is 13.1 Å². The smallest absolute Gasteiger partial charge is 0.289 e. The molecule has 0 aromatic carbocycles. The van der Waals surface area contributed by atoms with Crippen LogP contribution in [-0.2, 0) is 14.8 Å². The van der Waals surface area contributed by atoms with Crippen molar-refractivity contribution < 1.29 is 22.4 Å². The van der Waals surface area contributed by atoms with E-state index in [1.807, 2.05) is 11.8 Å². The van der Waals surface area contributed by atoms with Gasteiger partial charge in [-0.2, -0.15) is 0 Å². The zero-order valence-electron chi connectivity index (χ0n) is 13.3. The van der Waals surface area contributed by atoms with Crippen molar-refractivity contribution >= 4 is 15.9 Å². The van der Waals surface area contributed by atoms with Gasteiger partial charge in [0.05, 0.1) is 25.2 Å². The summed E-state index contributed by atoms with van der Waals surface area (Å²) in [5.74, 6) is 0.849. The largest absolute Gasteiger partial charge is 0.459 e. The average Bonchev–Trinajstić information content (AvgIpc) is 3.09. The maximum absolute atomic E-state index is 12.5. The Morgan fingerprint density at radius 1 is 1.48 bits per heavy atom. The first-order chi connectivity index (χ1) is 10.8. The Morgan fingerprint density at radius 3 is 2.91 bits per heavy atom. The van der Waals surface area contributed by atoms with Crippen molar-refractivity contribution in [2.45, 2.75) is 19.4 Å². The highest BCUT2D eigenvalue weighted by molar-refractivity contribution is 7.88. The minimum Gasteiger partial charge on any atom is -0.459 e. The summed E-state index contributed by atoms with van der Waals surface area (Å²) in [6, 6.07) is 1.78. The van der Waals surface area contributed by atoms with E-state index in [-0.39, 0.29) is 23.8 Å². The molecule has 1 N–H and O–H groups in total. The Kier molecular flexibility index (Phi) is 4.48. The number of piperidine rings is 1. The summed E-state index contributed by atoms with van der Waals surface area (Å²) >= 11 is 0. The molecule has 2 saturated heterocycles. The Bertz CT molecular complexity index is 684. The van der Waals surface area contributed by atoms with Gasteiger partial charge in [-0.05, 0) is 25.3 Å². The van der Waals surface area contributed by atoms with Gasteiger partial charge < -0.3 is 14.1 Å². The molecule has 0 spiro atoms. The fraction of sp³-hybridized carbons (Fsp3) is 0.667. The van der Waals surface area contributed by atoms with Crippen LogP contribution in [0, 0.1) is 18.8 Å². The van der Waals surface area contributed by atoms with Crippen molar-refractivity contribution in [2.24, 2.45) is 11.8 Å². The third-order valence-corrected chi connectivity index (χ3v) is 5.38. The van der Waals surface area contributed by atoms with Gasteiger partial charge in [0.1, 0.15) is 0 Å². The van der Waals surface area contributed by atoms with Crippen LogP contribution in [0.25, 0.3) is 0 Å². The van der Waals surface area contributed by atoms with Gasteiger partial charge in [0.25, 0.3) is 5.91 Å². The molecule has 2 aliphatic rings. The molecule has 23 heavy (non-hydrogen) atoms. The number of aryl methyl sites for hydroxylation is 1. The Morgan fingerprint density at radius 2 is 2.26 bits per heavy atom. The molecule has 3 heterocycles. The average molecular weight is 342 g/mol. The highest BCUT2D eigenvalue weighted by Crippen LogP contribution is 2.34. The fourth-order valence-electron chi connectivity index (χ4n) is 3.45. The van der Waals surface area contributed by atoms with E-state index in [4.69, 9.17) is 9.15 Å². The lowest BCUT2D eigenvalue weighted by Gasteiger charge is -2.35. The molecule has 1 aromatic rings. The summed E-state index contributed by atoms with van der Waals surface area (Å²) < 4.78 is 36.0. The monoisotopic (exact) mass is 342 g/mol. The molecule has 0 saturated carbocycles. The number of hydrogen-bond donors (Lipinski definition) is 1. The molecule has 0 aliphatic carbocycles. The number of hydrogen-bond acceptors (Lipinski definition) is 5.